The lowest BCUT2D eigenvalue weighted by Crippen LogP contribution is -2.50. The molecule has 2 aliphatic heterocycles. The number of aromatic nitrogens is 4. The van der Waals surface area contributed by atoms with Gasteiger partial charge in [-0.3, -0.25) is 9.59 Å². The van der Waals surface area contributed by atoms with Crippen LogP contribution in [-0.2, 0) is 32.7 Å². The molecule has 0 radical (unpaired) electrons. The maximum atomic E-state index is 13.9. The smallest absolute Gasteiger partial charge is 0.248 e. The summed E-state index contributed by atoms with van der Waals surface area (Å²) >= 11 is 0. The minimum absolute atomic E-state index is 0.0510. The van der Waals surface area contributed by atoms with E-state index in [2.05, 4.69) is 25.9 Å². The quantitative estimate of drug-likeness (QED) is 0.276. The summed E-state index contributed by atoms with van der Waals surface area (Å²) < 4.78 is 37.1. The maximum Gasteiger partial charge on any atom is 0.248 e. The van der Waals surface area contributed by atoms with Crippen LogP contribution in [0.15, 0.2) is 53.6 Å². The normalized spacial score (nSPS) is 20.1. The highest BCUT2D eigenvalue weighted by atomic mass is 32.2. The van der Waals surface area contributed by atoms with Crippen molar-refractivity contribution in [3.8, 4) is 5.88 Å². The fourth-order valence-electron chi connectivity index (χ4n) is 6.50. The fourth-order valence-corrected chi connectivity index (χ4v) is 8.02. The molecule has 0 aliphatic carbocycles. The average molecular weight is 660 g/mol. The molecule has 2 amide bonds. The van der Waals surface area contributed by atoms with Crippen LogP contribution in [0, 0.1) is 13.8 Å². The van der Waals surface area contributed by atoms with E-state index in [-0.39, 0.29) is 48.2 Å². The van der Waals surface area contributed by atoms with Gasteiger partial charge in [0.05, 0.1) is 12.1 Å². The first-order valence-corrected chi connectivity index (χ1v) is 17.7. The number of nitrogens with zero attached hydrogens (tertiary/aromatic N) is 5. The number of piperidine rings is 1. The molecule has 0 saturated carbocycles. The molecule has 4 aromatic rings. The number of ether oxygens (including phenoxy) is 1. The van der Waals surface area contributed by atoms with Crippen LogP contribution < -0.4 is 15.4 Å². The number of carbonyl (C=O) groups excluding carboxylic acids is 2. The van der Waals surface area contributed by atoms with Gasteiger partial charge in [-0.25, -0.2) is 18.1 Å². The molecule has 2 N–H and O–H groups in total. The van der Waals surface area contributed by atoms with Gasteiger partial charge in [-0.2, -0.15) is 4.31 Å². The Bertz CT molecular complexity index is 1930. The molecular formula is C34H41N7O5S. The fraction of sp³-hybridized carbons (Fsp3) is 0.441. The van der Waals surface area contributed by atoms with Crippen molar-refractivity contribution in [2.75, 3.05) is 13.1 Å². The summed E-state index contributed by atoms with van der Waals surface area (Å²) in [5, 5.41) is 14.5. The SMILES string of the molecule is CC[C@@H]1CN(Cc2cc(C(CC(=O)NC3CCCNC3=O)c3ccc4c(nnn4CC)c3C)ccc2C)S(=O)(=O)c2cccnc2O1. The number of nitrogens with one attached hydrogen (secondary N) is 2. The van der Waals surface area contributed by atoms with Crippen molar-refractivity contribution in [3.63, 3.8) is 0 Å². The van der Waals surface area contributed by atoms with Crippen molar-refractivity contribution < 1.29 is 22.7 Å². The van der Waals surface area contributed by atoms with Crippen molar-refractivity contribution in [2.24, 2.45) is 0 Å². The summed E-state index contributed by atoms with van der Waals surface area (Å²) in [6.07, 6.45) is 3.27. The molecular weight excluding hydrogens is 618 g/mol. The van der Waals surface area contributed by atoms with E-state index in [9.17, 15) is 18.0 Å². The number of amides is 2. The maximum absolute atomic E-state index is 13.9. The Hall–Kier alpha value is -4.36. The van der Waals surface area contributed by atoms with Crippen molar-refractivity contribution in [1.29, 1.82) is 0 Å². The monoisotopic (exact) mass is 659 g/mol. The molecule has 13 heteroatoms. The molecule has 6 rings (SSSR count). The number of fused-ring (bicyclic) bond motifs is 2. The first-order chi connectivity index (χ1) is 22.6. The van der Waals surface area contributed by atoms with Crippen LogP contribution in [0.2, 0.25) is 0 Å². The van der Waals surface area contributed by atoms with E-state index in [1.807, 2.05) is 62.7 Å². The largest absolute Gasteiger partial charge is 0.472 e. The highest BCUT2D eigenvalue weighted by Crippen LogP contribution is 2.36. The number of aryl methyl sites for hydroxylation is 3. The molecule has 248 valence electrons. The second-order valence-corrected chi connectivity index (χ2v) is 14.2. The lowest BCUT2D eigenvalue weighted by Gasteiger charge is -2.26. The lowest BCUT2D eigenvalue weighted by molar-refractivity contribution is -0.130. The van der Waals surface area contributed by atoms with Crippen molar-refractivity contribution >= 4 is 32.9 Å². The molecule has 2 unspecified atom stereocenters. The van der Waals surface area contributed by atoms with E-state index >= 15 is 0 Å². The van der Waals surface area contributed by atoms with Gasteiger partial charge < -0.3 is 15.4 Å². The van der Waals surface area contributed by atoms with E-state index in [1.54, 1.807) is 6.07 Å². The predicted octanol–water partition coefficient (Wildman–Crippen LogP) is 3.74. The summed E-state index contributed by atoms with van der Waals surface area (Å²) in [4.78, 5) is 30.3. The van der Waals surface area contributed by atoms with Crippen molar-refractivity contribution in [2.45, 2.75) is 89.4 Å². The van der Waals surface area contributed by atoms with Crippen LogP contribution >= 0.6 is 0 Å². The van der Waals surface area contributed by atoms with Crippen LogP contribution in [0.5, 0.6) is 5.88 Å². The zero-order valence-electron chi connectivity index (χ0n) is 27.2. The minimum Gasteiger partial charge on any atom is -0.472 e. The summed E-state index contributed by atoms with van der Waals surface area (Å²) in [5.41, 5.74) is 6.11. The van der Waals surface area contributed by atoms with Crippen molar-refractivity contribution in [3.05, 3.63) is 76.5 Å². The Kier molecular flexibility index (Phi) is 9.29. The van der Waals surface area contributed by atoms with Gasteiger partial charge in [0.2, 0.25) is 27.7 Å². The van der Waals surface area contributed by atoms with Crippen molar-refractivity contribution in [1.82, 2.24) is 34.9 Å². The summed E-state index contributed by atoms with van der Waals surface area (Å²) in [5.74, 6) is -0.680. The standard InChI is InChI=1S/C34H41N7O5S/c1-5-25-20-40(47(44,45)30-10-8-16-36-34(30)46-25)19-24-17-23(12-11-21(24)3)27(18-31(42)37-28-9-7-15-35-33(28)43)26-13-14-29-32(22(26)4)38-39-41(29)6-2/h8,10-14,16-17,25,27-28H,5-7,9,15,18-20H2,1-4H3,(H,35,43)(H,37,42)/t25-,27?,28?/m1/s1. The third-order valence-electron chi connectivity index (χ3n) is 9.28. The van der Waals surface area contributed by atoms with Gasteiger partial charge in [-0.15, -0.1) is 5.10 Å². The first kappa shape index (κ1) is 32.6. The predicted molar refractivity (Wildman–Crippen MR) is 176 cm³/mol. The van der Waals surface area contributed by atoms with E-state index in [1.165, 1.54) is 16.6 Å². The molecule has 2 aromatic carbocycles. The van der Waals surface area contributed by atoms with E-state index in [0.29, 0.717) is 25.9 Å². The van der Waals surface area contributed by atoms with Gasteiger partial charge in [0, 0.05) is 38.2 Å². The van der Waals surface area contributed by atoms with Crippen LogP contribution in [-0.4, -0.2) is 69.8 Å². The number of rotatable bonds is 9. The van der Waals surface area contributed by atoms with E-state index < -0.39 is 22.0 Å². The van der Waals surface area contributed by atoms with Crippen LogP contribution in [0.4, 0.5) is 0 Å². The number of sulfonamides is 1. The summed E-state index contributed by atoms with van der Waals surface area (Å²) in [6, 6.07) is 12.5. The van der Waals surface area contributed by atoms with Gasteiger partial charge in [-0.1, -0.05) is 36.4 Å². The molecule has 1 saturated heterocycles. The van der Waals surface area contributed by atoms with Gasteiger partial charge >= 0.3 is 0 Å². The van der Waals surface area contributed by atoms with Crippen LogP contribution in [0.25, 0.3) is 11.0 Å². The second kappa shape index (κ2) is 13.4. The minimum atomic E-state index is -3.91. The van der Waals surface area contributed by atoms with Gasteiger partial charge in [0.15, 0.2) is 0 Å². The third kappa shape index (κ3) is 6.46. The zero-order valence-corrected chi connectivity index (χ0v) is 28.0. The van der Waals surface area contributed by atoms with Gasteiger partial charge in [0.25, 0.3) is 0 Å². The Morgan fingerprint density at radius 1 is 1.17 bits per heavy atom. The molecule has 2 aliphatic rings. The number of benzene rings is 2. The van der Waals surface area contributed by atoms with E-state index in [0.717, 1.165) is 45.3 Å². The van der Waals surface area contributed by atoms with Gasteiger partial charge in [-0.05, 0) is 86.1 Å². The molecule has 4 heterocycles. The summed E-state index contributed by atoms with van der Waals surface area (Å²) in [7, 11) is -3.91. The molecule has 12 nitrogen and oxygen atoms in total. The Morgan fingerprint density at radius 2 is 2.00 bits per heavy atom. The lowest BCUT2D eigenvalue weighted by atomic mass is 9.84. The Balaban J connectivity index is 1.38. The number of pyridine rings is 1. The number of hydrogen-bond acceptors (Lipinski definition) is 8. The second-order valence-electron chi connectivity index (χ2n) is 12.3. The average Bonchev–Trinajstić information content (AvgIpc) is 3.45. The molecule has 0 spiro atoms. The Morgan fingerprint density at radius 3 is 2.77 bits per heavy atom. The summed E-state index contributed by atoms with van der Waals surface area (Å²) in [6.45, 7) is 9.50. The zero-order chi connectivity index (χ0) is 33.3. The number of hydrogen-bond donors (Lipinski definition) is 2. The van der Waals surface area contributed by atoms with Gasteiger partial charge in [0.1, 0.15) is 22.6 Å². The highest BCUT2D eigenvalue weighted by molar-refractivity contribution is 7.89. The molecule has 0 bridgehead atoms. The van der Waals surface area contributed by atoms with Crippen LogP contribution in [0.3, 0.4) is 0 Å². The molecule has 1 fully saturated rings. The highest BCUT2D eigenvalue weighted by Gasteiger charge is 2.35. The first-order valence-electron chi connectivity index (χ1n) is 16.2. The number of carbonyl (C=O) groups is 2. The molecule has 47 heavy (non-hydrogen) atoms. The topological polar surface area (TPSA) is 148 Å². The Labute approximate surface area is 274 Å². The molecule has 3 atom stereocenters. The molecule has 2 aromatic heterocycles. The van der Waals surface area contributed by atoms with Crippen LogP contribution in [0.1, 0.15) is 73.3 Å². The van der Waals surface area contributed by atoms with E-state index in [4.69, 9.17) is 4.74 Å². The third-order valence-corrected chi connectivity index (χ3v) is 11.1.